The van der Waals surface area contributed by atoms with E-state index in [-0.39, 0.29) is 11.9 Å². The Morgan fingerprint density at radius 1 is 1.03 bits per heavy atom. The predicted octanol–water partition coefficient (Wildman–Crippen LogP) is 3.69. The van der Waals surface area contributed by atoms with Crippen LogP contribution < -0.4 is 0 Å². The normalized spacial score (nSPS) is 16.6. The number of halogens is 1. The number of aryl methyl sites for hydroxylation is 1. The fourth-order valence-electron chi connectivity index (χ4n) is 4.08. The molecule has 0 aliphatic carbocycles. The number of aromatic nitrogens is 6. The van der Waals surface area contributed by atoms with Gasteiger partial charge >= 0.3 is 0 Å². The highest BCUT2D eigenvalue weighted by molar-refractivity contribution is 5.76. The van der Waals surface area contributed by atoms with E-state index >= 15 is 0 Å². The lowest BCUT2D eigenvalue weighted by molar-refractivity contribution is 0.315. The average Bonchev–Trinajstić information content (AvgIpc) is 3.44. The lowest BCUT2D eigenvalue weighted by Gasteiger charge is -2.18. The zero-order chi connectivity index (χ0) is 21.2. The first-order valence-electron chi connectivity index (χ1n) is 10.3. The second kappa shape index (κ2) is 8.31. The minimum absolute atomic E-state index is 0.262. The molecule has 1 aromatic carbocycles. The molecular weight excluding hydrogens is 393 g/mol. The SMILES string of the molecule is Cc1ncc(CN2CCC(n3cnc(-c4ccc(F)cc4)c3-c3ccncn3)C2)cn1. The summed E-state index contributed by atoms with van der Waals surface area (Å²) in [5.74, 6) is 0.516. The molecule has 156 valence electrons. The molecule has 1 atom stereocenters. The number of rotatable bonds is 5. The highest BCUT2D eigenvalue weighted by Gasteiger charge is 2.28. The Balaban J connectivity index is 1.45. The van der Waals surface area contributed by atoms with E-state index in [1.54, 1.807) is 24.7 Å². The zero-order valence-corrected chi connectivity index (χ0v) is 17.2. The molecule has 0 spiro atoms. The Morgan fingerprint density at radius 3 is 2.58 bits per heavy atom. The maximum absolute atomic E-state index is 13.5. The average molecular weight is 415 g/mol. The van der Waals surface area contributed by atoms with Crippen LogP contribution in [0.5, 0.6) is 0 Å². The molecule has 0 N–H and O–H groups in total. The van der Waals surface area contributed by atoms with Gasteiger partial charge in [0.1, 0.15) is 18.0 Å². The molecule has 1 fully saturated rings. The van der Waals surface area contributed by atoms with E-state index in [1.165, 1.54) is 12.1 Å². The molecule has 3 aromatic heterocycles. The third-order valence-electron chi connectivity index (χ3n) is 5.62. The van der Waals surface area contributed by atoms with Crippen LogP contribution in [-0.2, 0) is 6.54 Å². The van der Waals surface area contributed by atoms with Crippen LogP contribution in [0.15, 0.2) is 61.6 Å². The van der Waals surface area contributed by atoms with Crippen molar-refractivity contribution in [2.24, 2.45) is 0 Å². The lowest BCUT2D eigenvalue weighted by Crippen LogP contribution is -2.21. The summed E-state index contributed by atoms with van der Waals surface area (Å²) in [6.45, 7) is 4.58. The molecule has 31 heavy (non-hydrogen) atoms. The molecule has 1 saturated heterocycles. The van der Waals surface area contributed by atoms with E-state index in [0.29, 0.717) is 0 Å². The van der Waals surface area contributed by atoms with Crippen LogP contribution in [0.4, 0.5) is 4.39 Å². The Labute approximate surface area is 179 Å². The third kappa shape index (κ3) is 4.06. The first-order chi connectivity index (χ1) is 15.2. The minimum atomic E-state index is -0.265. The molecule has 0 bridgehead atoms. The molecule has 4 heterocycles. The first-order valence-corrected chi connectivity index (χ1v) is 10.3. The van der Waals surface area contributed by atoms with Crippen LogP contribution >= 0.6 is 0 Å². The van der Waals surface area contributed by atoms with E-state index in [2.05, 4.69) is 29.4 Å². The Morgan fingerprint density at radius 2 is 1.84 bits per heavy atom. The van der Waals surface area contributed by atoms with E-state index in [4.69, 9.17) is 4.98 Å². The van der Waals surface area contributed by atoms with Gasteiger partial charge in [0.15, 0.2) is 0 Å². The molecule has 1 aliphatic rings. The smallest absolute Gasteiger partial charge is 0.125 e. The second-order valence-corrected chi connectivity index (χ2v) is 7.77. The third-order valence-corrected chi connectivity index (χ3v) is 5.62. The van der Waals surface area contributed by atoms with Crippen LogP contribution in [0.1, 0.15) is 23.9 Å². The topological polar surface area (TPSA) is 72.6 Å². The number of benzene rings is 1. The number of hydrogen-bond donors (Lipinski definition) is 0. The van der Waals surface area contributed by atoms with Crippen LogP contribution in [-0.4, -0.2) is 47.5 Å². The maximum Gasteiger partial charge on any atom is 0.125 e. The predicted molar refractivity (Wildman–Crippen MR) is 114 cm³/mol. The summed E-state index contributed by atoms with van der Waals surface area (Å²) in [6, 6.07) is 8.57. The second-order valence-electron chi connectivity index (χ2n) is 7.77. The Kier molecular flexibility index (Phi) is 5.21. The van der Waals surface area contributed by atoms with Gasteiger partial charge < -0.3 is 4.57 Å². The van der Waals surface area contributed by atoms with Gasteiger partial charge in [0.05, 0.1) is 23.4 Å². The molecule has 0 saturated carbocycles. The van der Waals surface area contributed by atoms with Crippen molar-refractivity contribution in [1.82, 2.24) is 34.4 Å². The summed E-state index contributed by atoms with van der Waals surface area (Å²) in [5.41, 5.74) is 4.50. The molecular formula is C23H22FN7. The summed E-state index contributed by atoms with van der Waals surface area (Å²) in [7, 11) is 0. The van der Waals surface area contributed by atoms with Crippen LogP contribution in [0.2, 0.25) is 0 Å². The summed E-state index contributed by atoms with van der Waals surface area (Å²) in [6.07, 6.45) is 9.94. The van der Waals surface area contributed by atoms with Crippen molar-refractivity contribution in [1.29, 1.82) is 0 Å². The zero-order valence-electron chi connectivity index (χ0n) is 17.2. The first kappa shape index (κ1) is 19.4. The molecule has 1 unspecified atom stereocenters. The van der Waals surface area contributed by atoms with Crippen molar-refractivity contribution >= 4 is 0 Å². The molecule has 8 heteroatoms. The number of hydrogen-bond acceptors (Lipinski definition) is 6. The largest absolute Gasteiger partial charge is 0.324 e. The Hall–Kier alpha value is -3.52. The van der Waals surface area contributed by atoms with Gasteiger partial charge in [0, 0.05) is 55.4 Å². The van der Waals surface area contributed by atoms with Gasteiger partial charge in [-0.1, -0.05) is 0 Å². The molecule has 0 radical (unpaired) electrons. The highest BCUT2D eigenvalue weighted by Crippen LogP contribution is 2.35. The van der Waals surface area contributed by atoms with Crippen LogP contribution in [0.25, 0.3) is 22.6 Å². The van der Waals surface area contributed by atoms with Crippen molar-refractivity contribution in [2.45, 2.75) is 25.9 Å². The van der Waals surface area contributed by atoms with Crippen LogP contribution in [0, 0.1) is 12.7 Å². The lowest BCUT2D eigenvalue weighted by atomic mass is 10.1. The Bertz CT molecular complexity index is 1160. The van der Waals surface area contributed by atoms with Crippen molar-refractivity contribution < 1.29 is 4.39 Å². The summed E-state index contributed by atoms with van der Waals surface area (Å²) in [5, 5.41) is 0. The number of imidazole rings is 1. The van der Waals surface area contributed by atoms with Crippen molar-refractivity contribution in [3.63, 3.8) is 0 Å². The van der Waals surface area contributed by atoms with Gasteiger partial charge in [-0.05, 0) is 43.7 Å². The summed E-state index contributed by atoms with van der Waals surface area (Å²) in [4.78, 5) is 24.2. The quantitative estimate of drug-likeness (QED) is 0.495. The molecule has 0 amide bonds. The fourth-order valence-corrected chi connectivity index (χ4v) is 4.08. The van der Waals surface area contributed by atoms with Crippen molar-refractivity contribution in [3.05, 3.63) is 78.8 Å². The van der Waals surface area contributed by atoms with E-state index in [9.17, 15) is 4.39 Å². The van der Waals surface area contributed by atoms with E-state index in [1.807, 2.05) is 31.7 Å². The minimum Gasteiger partial charge on any atom is -0.324 e. The molecule has 4 aromatic rings. The fraction of sp³-hybridized carbons (Fsp3) is 0.261. The summed E-state index contributed by atoms with van der Waals surface area (Å²) < 4.78 is 15.7. The van der Waals surface area contributed by atoms with Gasteiger partial charge in [-0.3, -0.25) is 4.90 Å². The van der Waals surface area contributed by atoms with Gasteiger partial charge in [-0.25, -0.2) is 29.3 Å². The van der Waals surface area contributed by atoms with Gasteiger partial charge in [0.25, 0.3) is 0 Å². The van der Waals surface area contributed by atoms with Crippen LogP contribution in [0.3, 0.4) is 0 Å². The van der Waals surface area contributed by atoms with Gasteiger partial charge in [-0.15, -0.1) is 0 Å². The maximum atomic E-state index is 13.5. The van der Waals surface area contributed by atoms with E-state index < -0.39 is 0 Å². The van der Waals surface area contributed by atoms with E-state index in [0.717, 1.165) is 60.1 Å². The monoisotopic (exact) mass is 415 g/mol. The molecule has 1 aliphatic heterocycles. The number of likely N-dealkylation sites (tertiary alicyclic amines) is 1. The van der Waals surface area contributed by atoms with Crippen molar-refractivity contribution in [3.8, 4) is 22.6 Å². The van der Waals surface area contributed by atoms with Crippen molar-refractivity contribution in [2.75, 3.05) is 13.1 Å². The highest BCUT2D eigenvalue weighted by atomic mass is 19.1. The van der Waals surface area contributed by atoms with Gasteiger partial charge in [-0.2, -0.15) is 0 Å². The molecule has 7 nitrogen and oxygen atoms in total. The number of nitrogens with zero attached hydrogens (tertiary/aromatic N) is 7. The summed E-state index contributed by atoms with van der Waals surface area (Å²) >= 11 is 0. The standard InChI is InChI=1S/C23H22FN7/c1-16-26-10-17(11-27-16)12-30-9-7-20(13-30)31-15-29-22(18-2-4-19(24)5-3-18)23(31)21-6-8-25-14-28-21/h2-6,8,10-11,14-15,20H,7,9,12-13H2,1H3. The van der Waals surface area contributed by atoms with Gasteiger partial charge in [0.2, 0.25) is 0 Å². The molecule has 5 rings (SSSR count).